The molecule has 3 aromatic carbocycles. The van der Waals surface area contributed by atoms with Crippen molar-refractivity contribution in [3.8, 4) is 0 Å². The molecule has 6 heteroatoms. The predicted molar refractivity (Wildman–Crippen MR) is 151 cm³/mol. The fourth-order valence-corrected chi connectivity index (χ4v) is 5.08. The van der Waals surface area contributed by atoms with E-state index < -0.39 is 0 Å². The van der Waals surface area contributed by atoms with Gasteiger partial charge in [-0.05, 0) is 60.2 Å². The summed E-state index contributed by atoms with van der Waals surface area (Å²) in [5.41, 5.74) is 3.53. The van der Waals surface area contributed by atoms with Crippen molar-refractivity contribution in [1.82, 2.24) is 15.0 Å². The van der Waals surface area contributed by atoms with Crippen LogP contribution in [0.2, 0.25) is 0 Å². The average molecular weight is 477 g/mol. The summed E-state index contributed by atoms with van der Waals surface area (Å²) in [5, 5.41) is 7.29. The van der Waals surface area contributed by atoms with Crippen molar-refractivity contribution in [2.75, 3.05) is 41.8 Å². The zero-order chi connectivity index (χ0) is 24.3. The van der Waals surface area contributed by atoms with E-state index in [1.54, 1.807) is 0 Å². The Hall–Kier alpha value is -4.06. The fourth-order valence-electron chi connectivity index (χ4n) is 5.08. The number of rotatable bonds is 7. The van der Waals surface area contributed by atoms with E-state index in [0.29, 0.717) is 0 Å². The van der Waals surface area contributed by atoms with Gasteiger partial charge in [-0.3, -0.25) is 0 Å². The summed E-state index contributed by atoms with van der Waals surface area (Å²) >= 11 is 0. The number of para-hydroxylation sites is 1. The SMILES string of the molecule is CN(CCc1c[nH]c2ccccc12)c1nc(Nc2ccc3ccccc3c2)cc(N2CCCCC2)n1. The number of hydrogen-bond acceptors (Lipinski definition) is 5. The van der Waals surface area contributed by atoms with E-state index in [2.05, 4.69) is 106 Å². The molecule has 0 saturated carbocycles. The first-order chi connectivity index (χ1) is 17.7. The molecule has 36 heavy (non-hydrogen) atoms. The van der Waals surface area contributed by atoms with Gasteiger partial charge < -0.3 is 20.1 Å². The molecular weight excluding hydrogens is 444 g/mol. The fraction of sp³-hybridized carbons (Fsp3) is 0.267. The zero-order valence-electron chi connectivity index (χ0n) is 20.7. The average Bonchev–Trinajstić information content (AvgIpc) is 3.35. The molecule has 0 amide bonds. The Bertz CT molecular complexity index is 1480. The maximum Gasteiger partial charge on any atom is 0.229 e. The number of H-pyrrole nitrogens is 1. The lowest BCUT2D eigenvalue weighted by Gasteiger charge is -2.29. The lowest BCUT2D eigenvalue weighted by Crippen LogP contribution is -2.31. The topological polar surface area (TPSA) is 60.1 Å². The van der Waals surface area contributed by atoms with Crippen molar-refractivity contribution < 1.29 is 0 Å². The molecule has 0 bridgehead atoms. The highest BCUT2D eigenvalue weighted by Crippen LogP contribution is 2.27. The predicted octanol–water partition coefficient (Wildman–Crippen LogP) is 6.52. The Morgan fingerprint density at radius 2 is 1.69 bits per heavy atom. The van der Waals surface area contributed by atoms with Crippen molar-refractivity contribution in [1.29, 1.82) is 0 Å². The molecule has 6 nitrogen and oxygen atoms in total. The monoisotopic (exact) mass is 476 g/mol. The van der Waals surface area contributed by atoms with E-state index >= 15 is 0 Å². The molecule has 6 rings (SSSR count). The standard InChI is InChI=1S/C30H32N6/c1-35(18-15-24-21-31-27-12-6-5-11-26(24)27)30-33-28(20-29(34-30)36-16-7-2-8-17-36)32-25-14-13-22-9-3-4-10-23(22)19-25/h3-6,9-14,19-21,31H,2,7-8,15-18H2,1H3,(H,32,33,34). The third-order valence-corrected chi connectivity index (χ3v) is 7.14. The van der Waals surface area contributed by atoms with Crippen LogP contribution in [0.1, 0.15) is 24.8 Å². The van der Waals surface area contributed by atoms with Crippen LogP contribution in [0.15, 0.2) is 79.0 Å². The molecule has 1 fully saturated rings. The summed E-state index contributed by atoms with van der Waals surface area (Å²) in [7, 11) is 2.09. The summed E-state index contributed by atoms with van der Waals surface area (Å²) in [5.74, 6) is 2.58. The Morgan fingerprint density at radius 1 is 0.889 bits per heavy atom. The molecule has 0 atom stereocenters. The Balaban J connectivity index is 1.27. The first kappa shape index (κ1) is 22.4. The molecule has 0 radical (unpaired) electrons. The van der Waals surface area contributed by atoms with Crippen molar-refractivity contribution in [3.05, 3.63) is 84.6 Å². The van der Waals surface area contributed by atoms with E-state index in [1.165, 1.54) is 46.5 Å². The maximum absolute atomic E-state index is 5.00. The molecule has 182 valence electrons. The van der Waals surface area contributed by atoms with Crippen molar-refractivity contribution >= 4 is 44.9 Å². The van der Waals surface area contributed by atoms with Gasteiger partial charge in [-0.25, -0.2) is 0 Å². The number of aromatic nitrogens is 3. The highest BCUT2D eigenvalue weighted by Gasteiger charge is 2.17. The van der Waals surface area contributed by atoms with Gasteiger partial charge in [0.25, 0.3) is 0 Å². The van der Waals surface area contributed by atoms with Gasteiger partial charge in [0.1, 0.15) is 11.6 Å². The summed E-state index contributed by atoms with van der Waals surface area (Å²) < 4.78 is 0. The number of anilines is 4. The van der Waals surface area contributed by atoms with Crippen LogP contribution in [-0.4, -0.2) is 41.6 Å². The van der Waals surface area contributed by atoms with Crippen molar-refractivity contribution in [2.24, 2.45) is 0 Å². The zero-order valence-corrected chi connectivity index (χ0v) is 20.7. The largest absolute Gasteiger partial charge is 0.361 e. The molecule has 0 unspecified atom stereocenters. The number of fused-ring (bicyclic) bond motifs is 2. The maximum atomic E-state index is 5.00. The first-order valence-electron chi connectivity index (χ1n) is 12.9. The molecule has 0 spiro atoms. The van der Waals surface area contributed by atoms with Gasteiger partial charge in [0, 0.05) is 55.5 Å². The molecule has 2 aromatic heterocycles. The van der Waals surface area contributed by atoms with Crippen LogP contribution in [0.3, 0.4) is 0 Å². The highest BCUT2D eigenvalue weighted by molar-refractivity contribution is 5.86. The van der Waals surface area contributed by atoms with Crippen LogP contribution in [0.5, 0.6) is 0 Å². The van der Waals surface area contributed by atoms with Crippen molar-refractivity contribution in [2.45, 2.75) is 25.7 Å². The third kappa shape index (κ3) is 4.71. The quantitative estimate of drug-likeness (QED) is 0.280. The molecule has 1 aliphatic heterocycles. The van der Waals surface area contributed by atoms with Crippen LogP contribution in [0.4, 0.5) is 23.3 Å². The van der Waals surface area contributed by atoms with Crippen LogP contribution >= 0.6 is 0 Å². The number of likely N-dealkylation sites (N-methyl/N-ethyl adjacent to an activating group) is 1. The summed E-state index contributed by atoms with van der Waals surface area (Å²) in [4.78, 5) is 17.9. The second-order valence-electron chi connectivity index (χ2n) is 9.68. The van der Waals surface area contributed by atoms with Gasteiger partial charge in [0.2, 0.25) is 5.95 Å². The highest BCUT2D eigenvalue weighted by atomic mass is 15.3. The summed E-state index contributed by atoms with van der Waals surface area (Å²) in [6.07, 6.45) is 6.76. The number of nitrogens with zero attached hydrogens (tertiary/aromatic N) is 4. The minimum atomic E-state index is 0.751. The molecular formula is C30H32N6. The van der Waals surface area contributed by atoms with E-state index in [1.807, 2.05) is 0 Å². The summed E-state index contributed by atoms with van der Waals surface area (Å²) in [6, 6.07) is 25.4. The van der Waals surface area contributed by atoms with Gasteiger partial charge in [-0.1, -0.05) is 48.5 Å². The second-order valence-corrected chi connectivity index (χ2v) is 9.68. The number of piperidine rings is 1. The molecule has 1 aliphatic rings. The van der Waals surface area contributed by atoms with E-state index in [-0.39, 0.29) is 0 Å². The number of hydrogen-bond donors (Lipinski definition) is 2. The van der Waals surface area contributed by atoms with Gasteiger partial charge >= 0.3 is 0 Å². The molecule has 1 saturated heterocycles. The number of nitrogens with one attached hydrogen (secondary N) is 2. The Labute approximate surface area is 212 Å². The number of aromatic amines is 1. The van der Waals surface area contributed by atoms with E-state index in [0.717, 1.165) is 49.3 Å². The van der Waals surface area contributed by atoms with Crippen LogP contribution < -0.4 is 15.1 Å². The van der Waals surface area contributed by atoms with E-state index in [4.69, 9.17) is 9.97 Å². The van der Waals surface area contributed by atoms with Crippen LogP contribution in [-0.2, 0) is 6.42 Å². The Kier molecular flexibility index (Phi) is 6.16. The minimum Gasteiger partial charge on any atom is -0.361 e. The van der Waals surface area contributed by atoms with Crippen LogP contribution in [0.25, 0.3) is 21.7 Å². The smallest absolute Gasteiger partial charge is 0.229 e. The van der Waals surface area contributed by atoms with Crippen LogP contribution in [0, 0.1) is 0 Å². The van der Waals surface area contributed by atoms with Crippen molar-refractivity contribution in [3.63, 3.8) is 0 Å². The van der Waals surface area contributed by atoms with Gasteiger partial charge in [-0.2, -0.15) is 9.97 Å². The van der Waals surface area contributed by atoms with E-state index in [9.17, 15) is 0 Å². The lowest BCUT2D eigenvalue weighted by molar-refractivity contribution is 0.573. The number of benzene rings is 3. The molecule has 2 N–H and O–H groups in total. The normalized spacial score (nSPS) is 13.9. The summed E-state index contributed by atoms with van der Waals surface area (Å²) in [6.45, 7) is 2.93. The van der Waals surface area contributed by atoms with Gasteiger partial charge in [0.05, 0.1) is 0 Å². The Morgan fingerprint density at radius 3 is 2.58 bits per heavy atom. The third-order valence-electron chi connectivity index (χ3n) is 7.14. The van der Waals surface area contributed by atoms with Gasteiger partial charge in [-0.15, -0.1) is 0 Å². The molecule has 5 aromatic rings. The first-order valence-corrected chi connectivity index (χ1v) is 12.9. The lowest BCUT2D eigenvalue weighted by atomic mass is 10.1. The van der Waals surface area contributed by atoms with Gasteiger partial charge in [0.15, 0.2) is 0 Å². The second kappa shape index (κ2) is 9.90. The molecule has 3 heterocycles. The minimum absolute atomic E-state index is 0.751. The molecule has 0 aliphatic carbocycles.